The monoisotopic (exact) mass is 335 g/mol. The molecule has 1 saturated heterocycles. The molecule has 1 aromatic rings. The highest BCUT2D eigenvalue weighted by molar-refractivity contribution is 5.75. The second-order valence-electron chi connectivity index (χ2n) is 7.27. The Balaban J connectivity index is 1.23. The van der Waals surface area contributed by atoms with Gasteiger partial charge >= 0.3 is 6.03 Å². The summed E-state index contributed by atoms with van der Waals surface area (Å²) in [5, 5.41) is 5.95. The fraction of sp³-hybridized carbons (Fsp3) is 0.611. The summed E-state index contributed by atoms with van der Waals surface area (Å²) in [5.41, 5.74) is 0.486. The third-order valence-corrected chi connectivity index (χ3v) is 5.40. The Hall–Kier alpha value is -1.69. The van der Waals surface area contributed by atoms with E-state index in [9.17, 15) is 13.6 Å². The minimum Gasteiger partial charge on any atom is -0.335 e. The molecule has 1 aliphatic heterocycles. The predicted molar refractivity (Wildman–Crippen MR) is 86.8 cm³/mol. The van der Waals surface area contributed by atoms with E-state index in [4.69, 9.17) is 0 Å². The fourth-order valence-electron chi connectivity index (χ4n) is 3.74. The smallest absolute Gasteiger partial charge is 0.315 e. The quantitative estimate of drug-likeness (QED) is 0.889. The molecule has 1 aromatic carbocycles. The molecule has 24 heavy (non-hydrogen) atoms. The van der Waals surface area contributed by atoms with Crippen LogP contribution in [0.3, 0.4) is 0 Å². The largest absolute Gasteiger partial charge is 0.335 e. The minimum atomic E-state index is -0.573. The van der Waals surface area contributed by atoms with E-state index in [2.05, 4.69) is 15.5 Å². The molecule has 0 aromatic heterocycles. The number of benzene rings is 1. The summed E-state index contributed by atoms with van der Waals surface area (Å²) >= 11 is 0. The number of urea groups is 1. The van der Waals surface area contributed by atoms with Crippen LogP contribution in [0.1, 0.15) is 43.6 Å². The van der Waals surface area contributed by atoms with Crippen LogP contribution in [0.5, 0.6) is 0 Å². The normalized spacial score (nSPS) is 27.8. The maximum Gasteiger partial charge on any atom is 0.315 e. The van der Waals surface area contributed by atoms with Gasteiger partial charge in [0, 0.05) is 43.2 Å². The van der Waals surface area contributed by atoms with E-state index in [-0.39, 0.29) is 24.0 Å². The number of hydrogen-bond acceptors (Lipinski definition) is 2. The van der Waals surface area contributed by atoms with Crippen LogP contribution in [0.15, 0.2) is 18.2 Å². The van der Waals surface area contributed by atoms with Crippen molar-refractivity contribution in [3.63, 3.8) is 0 Å². The van der Waals surface area contributed by atoms with Gasteiger partial charge < -0.3 is 15.5 Å². The first-order valence-corrected chi connectivity index (χ1v) is 8.86. The van der Waals surface area contributed by atoms with Gasteiger partial charge in [-0.05, 0) is 43.7 Å². The molecule has 2 N–H and O–H groups in total. The van der Waals surface area contributed by atoms with Gasteiger partial charge in [-0.25, -0.2) is 13.6 Å². The summed E-state index contributed by atoms with van der Waals surface area (Å²) in [6, 6.07) is 4.42. The molecule has 1 heterocycles. The van der Waals surface area contributed by atoms with E-state index >= 15 is 0 Å². The fourth-order valence-corrected chi connectivity index (χ4v) is 3.74. The van der Waals surface area contributed by atoms with Crippen LogP contribution in [0.4, 0.5) is 13.6 Å². The van der Waals surface area contributed by atoms with Crippen molar-refractivity contribution in [2.45, 2.75) is 56.1 Å². The van der Waals surface area contributed by atoms with Crippen molar-refractivity contribution in [2.24, 2.45) is 0 Å². The second-order valence-corrected chi connectivity index (χ2v) is 7.27. The van der Waals surface area contributed by atoms with E-state index in [0.717, 1.165) is 38.0 Å². The number of hydrogen-bond donors (Lipinski definition) is 2. The van der Waals surface area contributed by atoms with Gasteiger partial charge in [0.15, 0.2) is 0 Å². The molecule has 130 valence electrons. The van der Waals surface area contributed by atoms with Crippen molar-refractivity contribution in [3.8, 4) is 0 Å². The van der Waals surface area contributed by atoms with Crippen molar-refractivity contribution < 1.29 is 13.6 Å². The van der Waals surface area contributed by atoms with Crippen molar-refractivity contribution >= 4 is 6.03 Å². The lowest BCUT2D eigenvalue weighted by atomic mass is 10.1. The lowest BCUT2D eigenvalue weighted by Crippen LogP contribution is -2.48. The van der Waals surface area contributed by atoms with E-state index in [1.807, 2.05) is 0 Å². The number of nitrogens with one attached hydrogen (secondary N) is 2. The molecule has 3 fully saturated rings. The first kappa shape index (κ1) is 15.8. The van der Waals surface area contributed by atoms with Gasteiger partial charge in [-0.3, -0.25) is 0 Å². The van der Waals surface area contributed by atoms with Gasteiger partial charge in [0.2, 0.25) is 0 Å². The number of amides is 2. The van der Waals surface area contributed by atoms with Crippen molar-refractivity contribution in [1.82, 2.24) is 15.5 Å². The van der Waals surface area contributed by atoms with E-state index in [0.29, 0.717) is 12.0 Å². The van der Waals surface area contributed by atoms with Crippen LogP contribution in [0.2, 0.25) is 0 Å². The number of rotatable bonds is 4. The van der Waals surface area contributed by atoms with Gasteiger partial charge in [-0.15, -0.1) is 0 Å². The summed E-state index contributed by atoms with van der Waals surface area (Å²) in [6.07, 6.45) is 5.33. The van der Waals surface area contributed by atoms with E-state index in [1.54, 1.807) is 0 Å². The van der Waals surface area contributed by atoms with Gasteiger partial charge in [0.05, 0.1) is 0 Å². The topological polar surface area (TPSA) is 44.4 Å². The number of carbonyl (C=O) groups excluding carboxylic acids is 1. The lowest BCUT2D eigenvalue weighted by Gasteiger charge is -2.32. The Morgan fingerprint density at radius 3 is 2.50 bits per heavy atom. The van der Waals surface area contributed by atoms with Gasteiger partial charge in [-0.1, -0.05) is 6.07 Å². The number of carbonyl (C=O) groups is 1. The van der Waals surface area contributed by atoms with Crippen molar-refractivity contribution in [2.75, 3.05) is 13.1 Å². The standard InChI is InChI=1S/C18H23F2N3O/c19-11-1-4-14(16(20)9-11)15-10-17(15)22-18(24)21-12-5-7-23(8-6-12)13-2-3-13/h1,4,9,12-13,15,17H,2-3,5-8,10H2,(H2,21,22,24)/t15-,17-/m1/s1. The molecule has 0 spiro atoms. The molecule has 2 aliphatic carbocycles. The molecule has 0 bridgehead atoms. The van der Waals surface area contributed by atoms with Gasteiger partial charge in [-0.2, -0.15) is 0 Å². The molecule has 2 atom stereocenters. The molecular formula is C18H23F2N3O. The number of nitrogens with zero attached hydrogens (tertiary/aromatic N) is 1. The Bertz CT molecular complexity index is 627. The summed E-state index contributed by atoms with van der Waals surface area (Å²) in [5.74, 6) is -1.15. The summed E-state index contributed by atoms with van der Waals surface area (Å²) in [4.78, 5) is 14.6. The summed E-state index contributed by atoms with van der Waals surface area (Å²) in [6.45, 7) is 2.12. The first-order valence-electron chi connectivity index (χ1n) is 8.86. The third-order valence-electron chi connectivity index (χ3n) is 5.40. The number of likely N-dealkylation sites (tertiary alicyclic amines) is 1. The highest BCUT2D eigenvalue weighted by Gasteiger charge is 2.41. The minimum absolute atomic E-state index is 0.0481. The van der Waals surface area contributed by atoms with Crippen molar-refractivity contribution in [3.05, 3.63) is 35.4 Å². The molecule has 0 radical (unpaired) electrons. The third kappa shape index (κ3) is 3.53. The Labute approximate surface area is 140 Å². The molecule has 0 unspecified atom stereocenters. The SMILES string of the molecule is O=C(NC1CCN(C2CC2)CC1)N[C@@H]1C[C@@H]1c1ccc(F)cc1F. The maximum atomic E-state index is 13.8. The molecular weight excluding hydrogens is 312 g/mol. The first-order chi connectivity index (χ1) is 11.6. The van der Waals surface area contributed by atoms with Crippen molar-refractivity contribution in [1.29, 1.82) is 0 Å². The molecule has 6 heteroatoms. The van der Waals surface area contributed by atoms with E-state index in [1.165, 1.54) is 25.0 Å². The lowest BCUT2D eigenvalue weighted by molar-refractivity contribution is 0.186. The molecule has 4 nitrogen and oxygen atoms in total. The van der Waals surface area contributed by atoms with Gasteiger partial charge in [0.25, 0.3) is 0 Å². The molecule has 3 aliphatic rings. The van der Waals surface area contributed by atoms with Gasteiger partial charge in [0.1, 0.15) is 11.6 Å². The van der Waals surface area contributed by atoms with Crippen LogP contribution in [-0.4, -0.2) is 42.1 Å². The second kappa shape index (κ2) is 6.31. The Morgan fingerprint density at radius 2 is 1.83 bits per heavy atom. The maximum absolute atomic E-state index is 13.8. The zero-order valence-corrected chi connectivity index (χ0v) is 13.6. The van der Waals surface area contributed by atoms with Crippen LogP contribution in [0.25, 0.3) is 0 Å². The average molecular weight is 335 g/mol. The number of piperidine rings is 1. The average Bonchev–Trinajstić information content (AvgIpc) is 3.43. The summed E-state index contributed by atoms with van der Waals surface area (Å²) < 4.78 is 26.7. The zero-order valence-electron chi connectivity index (χ0n) is 13.6. The van der Waals surface area contributed by atoms with E-state index < -0.39 is 11.6 Å². The number of halogens is 2. The molecule has 2 amide bonds. The zero-order chi connectivity index (χ0) is 16.7. The van der Waals surface area contributed by atoms with Crippen LogP contribution < -0.4 is 10.6 Å². The Morgan fingerprint density at radius 1 is 1.08 bits per heavy atom. The van der Waals surface area contributed by atoms with Crippen LogP contribution in [0, 0.1) is 11.6 Å². The predicted octanol–water partition coefficient (Wildman–Crippen LogP) is 2.75. The highest BCUT2D eigenvalue weighted by atomic mass is 19.1. The van der Waals surface area contributed by atoms with Crippen LogP contribution in [-0.2, 0) is 0 Å². The molecule has 2 saturated carbocycles. The van der Waals surface area contributed by atoms with Crippen LogP contribution >= 0.6 is 0 Å². The molecule has 4 rings (SSSR count). The summed E-state index contributed by atoms with van der Waals surface area (Å²) in [7, 11) is 0. The highest BCUT2D eigenvalue weighted by Crippen LogP contribution is 2.42. The Kier molecular flexibility index (Phi) is 4.16.